The minimum atomic E-state index is 0.358. The zero-order valence-electron chi connectivity index (χ0n) is 9.88. The first-order valence-electron chi connectivity index (χ1n) is 5.37. The summed E-state index contributed by atoms with van der Waals surface area (Å²) in [5.74, 6) is 0. The summed E-state index contributed by atoms with van der Waals surface area (Å²) in [4.78, 5) is 2.18. The largest absolute Gasteiger partial charge is 0.310 e. The Hall–Kier alpha value is -0.590. The first-order chi connectivity index (χ1) is 6.60. The second-order valence-corrected chi connectivity index (χ2v) is 4.13. The molecule has 1 N–H and O–H groups in total. The minimum Gasteiger partial charge on any atom is -0.310 e. The van der Waals surface area contributed by atoms with Gasteiger partial charge in [0.15, 0.2) is 0 Å². The monoisotopic (exact) mass is 197 g/mol. The van der Waals surface area contributed by atoms with Crippen molar-refractivity contribution in [1.82, 2.24) is 10.2 Å². The molecule has 0 bridgehead atoms. The minimum absolute atomic E-state index is 0.358. The van der Waals surface area contributed by atoms with E-state index in [1.165, 1.54) is 0 Å². The summed E-state index contributed by atoms with van der Waals surface area (Å²) in [6, 6.07) is 3.07. The van der Waals surface area contributed by atoms with E-state index in [0.717, 1.165) is 19.4 Å². The molecule has 0 aliphatic carbocycles. The van der Waals surface area contributed by atoms with E-state index in [2.05, 4.69) is 44.2 Å². The lowest BCUT2D eigenvalue weighted by Crippen LogP contribution is -2.37. The molecule has 82 valence electrons. The van der Waals surface area contributed by atoms with Gasteiger partial charge in [0.1, 0.15) is 0 Å². The van der Waals surface area contributed by atoms with Gasteiger partial charge in [0.05, 0.1) is 12.5 Å². The number of hydrogen-bond donors (Lipinski definition) is 1. The van der Waals surface area contributed by atoms with Crippen molar-refractivity contribution in [2.24, 2.45) is 0 Å². The third kappa shape index (κ3) is 6.88. The summed E-state index contributed by atoms with van der Waals surface area (Å²) in [6.07, 6.45) is 2.78. The van der Waals surface area contributed by atoms with Crippen LogP contribution in [0.15, 0.2) is 0 Å². The van der Waals surface area contributed by atoms with Gasteiger partial charge < -0.3 is 10.2 Å². The fourth-order valence-corrected chi connectivity index (χ4v) is 1.37. The van der Waals surface area contributed by atoms with Crippen molar-refractivity contribution in [3.05, 3.63) is 0 Å². The van der Waals surface area contributed by atoms with Gasteiger partial charge in [0.2, 0.25) is 0 Å². The van der Waals surface area contributed by atoms with E-state index in [9.17, 15) is 0 Å². The third-order valence-corrected chi connectivity index (χ3v) is 2.36. The van der Waals surface area contributed by atoms with Gasteiger partial charge in [-0.15, -0.1) is 0 Å². The Labute approximate surface area is 88.1 Å². The summed E-state index contributed by atoms with van der Waals surface area (Å²) < 4.78 is 0. The van der Waals surface area contributed by atoms with E-state index in [-0.39, 0.29) is 0 Å². The number of nitrogens with one attached hydrogen (secondary N) is 1. The van der Waals surface area contributed by atoms with E-state index >= 15 is 0 Å². The Bertz CT molecular complexity index is 172. The average Bonchev–Trinajstić information content (AvgIpc) is 2.14. The highest BCUT2D eigenvalue weighted by Crippen LogP contribution is 2.01. The lowest BCUT2D eigenvalue weighted by atomic mass is 10.1. The second kappa shape index (κ2) is 7.78. The molecule has 0 aromatic rings. The van der Waals surface area contributed by atoms with Crippen LogP contribution in [0.2, 0.25) is 0 Å². The van der Waals surface area contributed by atoms with E-state index in [0.29, 0.717) is 18.5 Å². The Morgan fingerprint density at radius 2 is 2.07 bits per heavy atom. The van der Waals surface area contributed by atoms with Crippen molar-refractivity contribution in [3.8, 4) is 6.07 Å². The van der Waals surface area contributed by atoms with Crippen LogP contribution in [0.3, 0.4) is 0 Å². The molecule has 0 aliphatic heterocycles. The molecule has 0 radical (unpaired) electrons. The molecular formula is C11H23N3. The molecule has 0 aromatic carbocycles. The molecule has 0 rings (SSSR count). The molecule has 0 aromatic heterocycles. The van der Waals surface area contributed by atoms with Crippen LogP contribution < -0.4 is 5.32 Å². The maximum Gasteiger partial charge on any atom is 0.0638 e. The van der Waals surface area contributed by atoms with Crippen LogP contribution in [0, 0.1) is 11.3 Å². The molecule has 0 saturated heterocycles. The Kier molecular flexibility index (Phi) is 7.45. The molecule has 0 aliphatic rings. The van der Waals surface area contributed by atoms with E-state index in [1.54, 1.807) is 0 Å². The summed E-state index contributed by atoms with van der Waals surface area (Å²) in [7, 11) is 4.17. The van der Waals surface area contributed by atoms with Crippen LogP contribution in [-0.2, 0) is 0 Å². The molecule has 14 heavy (non-hydrogen) atoms. The highest BCUT2D eigenvalue weighted by molar-refractivity contribution is 4.81. The lowest BCUT2D eigenvalue weighted by Gasteiger charge is -2.21. The van der Waals surface area contributed by atoms with Crippen LogP contribution in [0.5, 0.6) is 0 Å². The first-order valence-corrected chi connectivity index (χ1v) is 5.37. The third-order valence-electron chi connectivity index (χ3n) is 2.36. The maximum atomic E-state index is 8.60. The topological polar surface area (TPSA) is 39.1 Å². The van der Waals surface area contributed by atoms with Crippen molar-refractivity contribution in [1.29, 1.82) is 5.26 Å². The Morgan fingerprint density at radius 1 is 1.43 bits per heavy atom. The zero-order chi connectivity index (χ0) is 11.0. The molecule has 0 spiro atoms. The summed E-state index contributed by atoms with van der Waals surface area (Å²) >= 11 is 0. The first kappa shape index (κ1) is 13.4. The molecule has 0 amide bonds. The molecule has 0 saturated carbocycles. The number of rotatable bonds is 7. The molecule has 0 heterocycles. The van der Waals surface area contributed by atoms with Gasteiger partial charge in [-0.2, -0.15) is 5.26 Å². The van der Waals surface area contributed by atoms with E-state index < -0.39 is 0 Å². The van der Waals surface area contributed by atoms with Gasteiger partial charge in [-0.05, 0) is 40.4 Å². The van der Waals surface area contributed by atoms with Crippen molar-refractivity contribution < 1.29 is 0 Å². The molecule has 2 unspecified atom stereocenters. The summed E-state index contributed by atoms with van der Waals surface area (Å²) in [6.45, 7) is 5.40. The van der Waals surface area contributed by atoms with Crippen molar-refractivity contribution in [3.63, 3.8) is 0 Å². The summed E-state index contributed by atoms with van der Waals surface area (Å²) in [5.41, 5.74) is 0. The normalized spacial score (nSPS) is 15.1. The van der Waals surface area contributed by atoms with Gasteiger partial charge in [-0.1, -0.05) is 6.92 Å². The van der Waals surface area contributed by atoms with Crippen LogP contribution >= 0.6 is 0 Å². The number of hydrogen-bond acceptors (Lipinski definition) is 3. The molecule has 3 nitrogen and oxygen atoms in total. The standard InChI is InChI=1S/C11H23N3/c1-5-11(6-8-12)13-10(2)7-9-14(3)4/h10-11,13H,5-7,9H2,1-4H3. The lowest BCUT2D eigenvalue weighted by molar-refractivity contribution is 0.346. The van der Waals surface area contributed by atoms with Crippen molar-refractivity contribution in [2.75, 3.05) is 20.6 Å². The van der Waals surface area contributed by atoms with Gasteiger partial charge in [-0.25, -0.2) is 0 Å². The van der Waals surface area contributed by atoms with Crippen LogP contribution in [0.4, 0.5) is 0 Å². The Morgan fingerprint density at radius 3 is 2.50 bits per heavy atom. The van der Waals surface area contributed by atoms with Crippen LogP contribution in [-0.4, -0.2) is 37.6 Å². The highest BCUT2D eigenvalue weighted by atomic mass is 15.1. The predicted molar refractivity (Wildman–Crippen MR) is 60.1 cm³/mol. The second-order valence-electron chi connectivity index (χ2n) is 4.13. The maximum absolute atomic E-state index is 8.60. The number of nitrogens with zero attached hydrogens (tertiary/aromatic N) is 2. The Balaban J connectivity index is 3.68. The zero-order valence-corrected chi connectivity index (χ0v) is 9.88. The van der Waals surface area contributed by atoms with Crippen molar-refractivity contribution in [2.45, 2.75) is 45.2 Å². The highest BCUT2D eigenvalue weighted by Gasteiger charge is 2.09. The SMILES string of the molecule is CCC(CC#N)NC(C)CCN(C)C. The predicted octanol–water partition coefficient (Wildman–Crippen LogP) is 1.61. The van der Waals surface area contributed by atoms with Gasteiger partial charge in [0.25, 0.3) is 0 Å². The molecule has 3 heteroatoms. The van der Waals surface area contributed by atoms with Gasteiger partial charge in [-0.3, -0.25) is 0 Å². The summed E-state index contributed by atoms with van der Waals surface area (Å²) in [5, 5.41) is 12.1. The number of nitriles is 1. The van der Waals surface area contributed by atoms with Crippen molar-refractivity contribution >= 4 is 0 Å². The molecule has 0 fully saturated rings. The molecule has 2 atom stereocenters. The molecular weight excluding hydrogens is 174 g/mol. The van der Waals surface area contributed by atoms with Crippen LogP contribution in [0.1, 0.15) is 33.1 Å². The van der Waals surface area contributed by atoms with Gasteiger partial charge >= 0.3 is 0 Å². The fraction of sp³-hybridized carbons (Fsp3) is 0.909. The van der Waals surface area contributed by atoms with E-state index in [1.807, 2.05) is 0 Å². The average molecular weight is 197 g/mol. The fourth-order valence-electron chi connectivity index (χ4n) is 1.37. The van der Waals surface area contributed by atoms with E-state index in [4.69, 9.17) is 5.26 Å². The van der Waals surface area contributed by atoms with Crippen LogP contribution in [0.25, 0.3) is 0 Å². The smallest absolute Gasteiger partial charge is 0.0638 e. The van der Waals surface area contributed by atoms with Gasteiger partial charge in [0, 0.05) is 12.1 Å². The quantitative estimate of drug-likeness (QED) is 0.674.